The Morgan fingerprint density at radius 2 is 1.47 bits per heavy atom. The van der Waals surface area contributed by atoms with E-state index in [2.05, 4.69) is 6.08 Å². The molecule has 0 N–H and O–H groups in total. The van der Waals surface area contributed by atoms with Crippen molar-refractivity contribution in [2.45, 2.75) is 84.0 Å². The second-order valence-electron chi connectivity index (χ2n) is 9.32. The van der Waals surface area contributed by atoms with E-state index in [1.54, 1.807) is 18.2 Å². The lowest BCUT2D eigenvalue weighted by Gasteiger charge is -2.27. The van der Waals surface area contributed by atoms with Crippen molar-refractivity contribution in [2.24, 2.45) is 5.92 Å². The van der Waals surface area contributed by atoms with Crippen LogP contribution in [0.1, 0.15) is 87.8 Å². The van der Waals surface area contributed by atoms with Gasteiger partial charge in [-0.3, -0.25) is 0 Å². The number of halogens is 4. The maximum absolute atomic E-state index is 14.6. The van der Waals surface area contributed by atoms with Gasteiger partial charge in [0.1, 0.15) is 0 Å². The summed E-state index contributed by atoms with van der Waals surface area (Å²) in [5.41, 5.74) is 1.30. The van der Waals surface area contributed by atoms with E-state index in [0.29, 0.717) is 48.5 Å². The minimum atomic E-state index is -0.915. The first-order valence-electron chi connectivity index (χ1n) is 12.7. The van der Waals surface area contributed by atoms with Gasteiger partial charge >= 0.3 is 0 Å². The molecule has 2 aromatic rings. The quantitative estimate of drug-likeness (QED) is 0.179. The number of rotatable bonds is 11. The highest BCUT2D eigenvalue weighted by Crippen LogP contribution is 2.38. The number of aryl methyl sites for hydroxylation is 2. The molecule has 186 valence electrons. The smallest absolute Gasteiger partial charge is 0.200 e. The number of benzene rings is 2. The largest absolute Gasteiger partial charge is 0.490 e. The molecule has 1 fully saturated rings. The van der Waals surface area contributed by atoms with Crippen molar-refractivity contribution in [1.29, 1.82) is 0 Å². The lowest BCUT2D eigenvalue weighted by molar-refractivity contribution is 0.288. The Morgan fingerprint density at radius 1 is 0.794 bits per heavy atom. The van der Waals surface area contributed by atoms with Gasteiger partial charge in [0.2, 0.25) is 5.82 Å². The average Bonchev–Trinajstić information content (AvgIpc) is 2.84. The molecule has 1 saturated carbocycles. The first-order chi connectivity index (χ1) is 16.5. The van der Waals surface area contributed by atoms with Crippen LogP contribution in [0.4, 0.5) is 17.6 Å². The second-order valence-corrected chi connectivity index (χ2v) is 9.32. The molecule has 0 amide bonds. The van der Waals surface area contributed by atoms with Crippen LogP contribution in [-0.4, -0.2) is 6.61 Å². The monoisotopic (exact) mass is 476 g/mol. The number of allylic oxidation sites excluding steroid dienone is 2. The van der Waals surface area contributed by atoms with E-state index in [1.807, 2.05) is 19.9 Å². The zero-order chi connectivity index (χ0) is 24.5. The zero-order valence-electron chi connectivity index (χ0n) is 20.3. The summed E-state index contributed by atoms with van der Waals surface area (Å²) in [4.78, 5) is 0. The van der Waals surface area contributed by atoms with Gasteiger partial charge in [-0.2, -0.15) is 4.39 Å². The lowest BCUT2D eigenvalue weighted by Crippen LogP contribution is -2.14. The van der Waals surface area contributed by atoms with Gasteiger partial charge in [0.25, 0.3) is 0 Å². The minimum Gasteiger partial charge on any atom is -0.490 e. The standard InChI is InChI=1S/C29H36F4O/c1-3-5-19-34-25-18-16-23(27(31)29(25)33)10-7-6-9-20-11-13-21(14-12-20)24-17-15-22(8-4-2)26(30)28(24)32/h6,9,15-18,20-21H,3-5,7-8,10-14,19H2,1-2H3. The van der Waals surface area contributed by atoms with E-state index in [-0.39, 0.29) is 11.7 Å². The fourth-order valence-electron chi connectivity index (χ4n) is 4.74. The van der Waals surface area contributed by atoms with E-state index in [0.717, 1.165) is 44.9 Å². The molecule has 0 spiro atoms. The number of hydrogen-bond donors (Lipinski definition) is 0. The molecule has 0 aromatic heterocycles. The van der Waals surface area contributed by atoms with E-state index >= 15 is 0 Å². The number of ether oxygens (including phenoxy) is 1. The molecule has 0 heterocycles. The molecule has 0 aliphatic heterocycles. The predicted molar refractivity (Wildman–Crippen MR) is 129 cm³/mol. The van der Waals surface area contributed by atoms with Crippen molar-refractivity contribution in [3.05, 3.63) is 76.4 Å². The summed E-state index contributed by atoms with van der Waals surface area (Å²) >= 11 is 0. The van der Waals surface area contributed by atoms with E-state index in [1.165, 1.54) is 6.07 Å². The van der Waals surface area contributed by atoms with E-state index in [4.69, 9.17) is 4.74 Å². The normalized spacial score (nSPS) is 18.5. The van der Waals surface area contributed by atoms with Gasteiger partial charge in [-0.05, 0) is 86.0 Å². The van der Waals surface area contributed by atoms with Crippen LogP contribution in [0.2, 0.25) is 0 Å². The number of unbranched alkanes of at least 4 members (excludes halogenated alkanes) is 1. The molecule has 1 aliphatic carbocycles. The van der Waals surface area contributed by atoms with Crippen molar-refractivity contribution in [3.8, 4) is 5.75 Å². The highest BCUT2D eigenvalue weighted by molar-refractivity contribution is 5.32. The highest BCUT2D eigenvalue weighted by atomic mass is 19.2. The molecular formula is C29H36F4O. The molecule has 5 heteroatoms. The first kappa shape index (κ1) is 26.3. The Morgan fingerprint density at radius 3 is 2.18 bits per heavy atom. The molecule has 0 radical (unpaired) electrons. The molecule has 1 nitrogen and oxygen atoms in total. The average molecular weight is 477 g/mol. The zero-order valence-corrected chi connectivity index (χ0v) is 20.3. The third-order valence-electron chi connectivity index (χ3n) is 6.79. The van der Waals surface area contributed by atoms with Crippen LogP contribution < -0.4 is 4.74 Å². The van der Waals surface area contributed by atoms with Crippen LogP contribution in [0.5, 0.6) is 5.75 Å². The van der Waals surface area contributed by atoms with Gasteiger partial charge in [0.15, 0.2) is 23.2 Å². The minimum absolute atomic E-state index is 0.0293. The molecule has 3 rings (SSSR count). The first-order valence-corrected chi connectivity index (χ1v) is 12.7. The fraction of sp³-hybridized carbons (Fsp3) is 0.517. The third kappa shape index (κ3) is 6.64. The summed E-state index contributed by atoms with van der Waals surface area (Å²) in [5.74, 6) is -2.72. The molecule has 0 bridgehead atoms. The maximum Gasteiger partial charge on any atom is 0.200 e. The summed E-state index contributed by atoms with van der Waals surface area (Å²) in [7, 11) is 0. The summed E-state index contributed by atoms with van der Waals surface area (Å²) in [6, 6.07) is 6.59. The van der Waals surface area contributed by atoms with Gasteiger partial charge in [-0.1, -0.05) is 57.0 Å². The number of hydrogen-bond acceptors (Lipinski definition) is 1. The van der Waals surface area contributed by atoms with Crippen molar-refractivity contribution in [2.75, 3.05) is 6.61 Å². The van der Waals surface area contributed by atoms with Crippen molar-refractivity contribution >= 4 is 0 Å². The summed E-state index contributed by atoms with van der Waals surface area (Å²) < 4.78 is 62.8. The molecule has 1 aliphatic rings. The van der Waals surface area contributed by atoms with Gasteiger partial charge in [0.05, 0.1) is 6.61 Å². The Hall–Kier alpha value is -2.30. The van der Waals surface area contributed by atoms with Crippen LogP contribution in [-0.2, 0) is 12.8 Å². The summed E-state index contributed by atoms with van der Waals surface area (Å²) in [6.07, 6.45) is 11.7. The third-order valence-corrected chi connectivity index (χ3v) is 6.79. The Kier molecular flexibility index (Phi) is 10.0. The molecule has 0 unspecified atom stereocenters. The van der Waals surface area contributed by atoms with Crippen LogP contribution in [0.3, 0.4) is 0 Å². The molecule has 0 atom stereocenters. The Labute approximate surface area is 201 Å². The Balaban J connectivity index is 1.48. The van der Waals surface area contributed by atoms with Crippen LogP contribution in [0, 0.1) is 29.2 Å². The van der Waals surface area contributed by atoms with Gasteiger partial charge in [0, 0.05) is 0 Å². The maximum atomic E-state index is 14.6. The highest BCUT2D eigenvalue weighted by Gasteiger charge is 2.25. The van der Waals surface area contributed by atoms with Crippen LogP contribution in [0.25, 0.3) is 0 Å². The van der Waals surface area contributed by atoms with Crippen molar-refractivity contribution < 1.29 is 22.3 Å². The van der Waals surface area contributed by atoms with Crippen molar-refractivity contribution in [3.63, 3.8) is 0 Å². The SMILES string of the molecule is CCCCOc1ccc(CCC=CC2CCC(c3ccc(CCC)c(F)c3F)CC2)c(F)c1F. The van der Waals surface area contributed by atoms with Gasteiger partial charge in [-0.25, -0.2) is 13.2 Å². The van der Waals surface area contributed by atoms with E-state index < -0.39 is 23.3 Å². The van der Waals surface area contributed by atoms with Crippen LogP contribution >= 0.6 is 0 Å². The Bertz CT molecular complexity index is 961. The van der Waals surface area contributed by atoms with Crippen LogP contribution in [0.15, 0.2) is 36.4 Å². The topological polar surface area (TPSA) is 9.23 Å². The molecule has 2 aromatic carbocycles. The second kappa shape index (κ2) is 13.0. The lowest BCUT2D eigenvalue weighted by atomic mass is 9.78. The van der Waals surface area contributed by atoms with Crippen molar-refractivity contribution in [1.82, 2.24) is 0 Å². The summed E-state index contributed by atoms with van der Waals surface area (Å²) in [6.45, 7) is 4.34. The fourth-order valence-corrected chi connectivity index (χ4v) is 4.74. The molecule has 34 heavy (non-hydrogen) atoms. The van der Waals surface area contributed by atoms with Gasteiger partial charge in [-0.15, -0.1) is 0 Å². The summed E-state index contributed by atoms with van der Waals surface area (Å²) in [5, 5.41) is 0. The predicted octanol–water partition coefficient (Wildman–Crippen LogP) is 8.84. The van der Waals surface area contributed by atoms with Gasteiger partial charge < -0.3 is 4.74 Å². The molecular weight excluding hydrogens is 440 g/mol. The molecule has 0 saturated heterocycles. The van der Waals surface area contributed by atoms with E-state index in [9.17, 15) is 17.6 Å².